The van der Waals surface area contributed by atoms with Crippen LogP contribution in [0, 0.1) is 11.8 Å². The first-order valence-corrected chi connectivity index (χ1v) is 7.93. The molecule has 0 spiro atoms. The van der Waals surface area contributed by atoms with Crippen molar-refractivity contribution in [1.82, 2.24) is 5.32 Å². The highest BCUT2D eigenvalue weighted by Gasteiger charge is 2.22. The first-order valence-electron chi connectivity index (χ1n) is 7.93. The average Bonchev–Trinajstić information content (AvgIpc) is 2.38. The molecule has 0 radical (unpaired) electrons. The number of nitrogens with one attached hydrogen (secondary N) is 1. The van der Waals surface area contributed by atoms with Crippen molar-refractivity contribution in [2.45, 2.75) is 91.1 Å². The smallest absolute Gasteiger partial charge is 0.00695 e. The second-order valence-corrected chi connectivity index (χ2v) is 6.21. The van der Waals surface area contributed by atoms with Gasteiger partial charge in [-0.25, -0.2) is 0 Å². The zero-order valence-corrected chi connectivity index (χ0v) is 12.5. The van der Waals surface area contributed by atoms with Crippen LogP contribution in [-0.2, 0) is 0 Å². The summed E-state index contributed by atoms with van der Waals surface area (Å²) in [6.07, 6.45) is 11.2. The van der Waals surface area contributed by atoms with Crippen LogP contribution in [0.15, 0.2) is 0 Å². The van der Waals surface area contributed by atoms with Gasteiger partial charge < -0.3 is 5.32 Å². The van der Waals surface area contributed by atoms with Gasteiger partial charge in [-0.2, -0.15) is 0 Å². The van der Waals surface area contributed by atoms with Crippen LogP contribution in [0.25, 0.3) is 0 Å². The van der Waals surface area contributed by atoms with Crippen LogP contribution in [0.2, 0.25) is 0 Å². The molecule has 1 nitrogen and oxygen atoms in total. The van der Waals surface area contributed by atoms with E-state index in [1.165, 1.54) is 51.4 Å². The molecule has 3 unspecified atom stereocenters. The fourth-order valence-electron chi connectivity index (χ4n) is 3.15. The molecule has 1 aliphatic carbocycles. The molecule has 1 rings (SSSR count). The molecule has 0 heterocycles. The Balaban J connectivity index is 2.32. The molecule has 1 heteroatoms. The number of hydrogen-bond donors (Lipinski definition) is 1. The van der Waals surface area contributed by atoms with Gasteiger partial charge in [-0.1, -0.05) is 46.5 Å². The molecule has 17 heavy (non-hydrogen) atoms. The first-order chi connectivity index (χ1) is 8.17. The van der Waals surface area contributed by atoms with Crippen molar-refractivity contribution >= 4 is 0 Å². The largest absolute Gasteiger partial charge is 0.311 e. The van der Waals surface area contributed by atoms with Gasteiger partial charge in [0, 0.05) is 12.1 Å². The molecule has 0 saturated heterocycles. The van der Waals surface area contributed by atoms with Crippen LogP contribution in [0.3, 0.4) is 0 Å². The van der Waals surface area contributed by atoms with E-state index in [1.54, 1.807) is 0 Å². The van der Waals surface area contributed by atoms with Crippen molar-refractivity contribution in [2.75, 3.05) is 0 Å². The Morgan fingerprint density at radius 2 is 1.65 bits per heavy atom. The Labute approximate surface area is 109 Å². The molecule has 102 valence electrons. The third-order valence-electron chi connectivity index (χ3n) is 4.73. The van der Waals surface area contributed by atoms with E-state index >= 15 is 0 Å². The Kier molecular flexibility index (Phi) is 7.18. The Morgan fingerprint density at radius 3 is 2.18 bits per heavy atom. The molecular weight excluding hydrogens is 206 g/mol. The molecule has 0 aromatic rings. The molecule has 0 aromatic carbocycles. The van der Waals surface area contributed by atoms with Crippen molar-refractivity contribution in [2.24, 2.45) is 11.8 Å². The summed E-state index contributed by atoms with van der Waals surface area (Å²) in [6.45, 7) is 9.43. The highest BCUT2D eigenvalue weighted by Crippen LogP contribution is 2.27. The zero-order chi connectivity index (χ0) is 12.7. The quantitative estimate of drug-likeness (QED) is 0.675. The maximum atomic E-state index is 3.90. The molecular formula is C16H33N. The lowest BCUT2D eigenvalue weighted by molar-refractivity contribution is 0.248. The summed E-state index contributed by atoms with van der Waals surface area (Å²) in [6, 6.07) is 1.46. The Hall–Kier alpha value is -0.0400. The molecule has 1 N–H and O–H groups in total. The SMILES string of the molecule is CCC(C)CC(CC)NC(C)C1CCCCC1. The van der Waals surface area contributed by atoms with Crippen LogP contribution in [0.5, 0.6) is 0 Å². The van der Waals surface area contributed by atoms with Crippen LogP contribution >= 0.6 is 0 Å². The first kappa shape index (κ1) is 15.0. The van der Waals surface area contributed by atoms with Gasteiger partial charge in [0.2, 0.25) is 0 Å². The Bertz CT molecular complexity index is 184. The van der Waals surface area contributed by atoms with Gasteiger partial charge in [0.1, 0.15) is 0 Å². The predicted octanol–water partition coefficient (Wildman–Crippen LogP) is 4.76. The van der Waals surface area contributed by atoms with Crippen LogP contribution < -0.4 is 5.32 Å². The summed E-state index contributed by atoms with van der Waals surface area (Å²) < 4.78 is 0. The van der Waals surface area contributed by atoms with Crippen LogP contribution in [-0.4, -0.2) is 12.1 Å². The summed E-state index contributed by atoms with van der Waals surface area (Å²) in [5.41, 5.74) is 0. The van der Waals surface area contributed by atoms with Gasteiger partial charge in [-0.05, 0) is 44.4 Å². The fraction of sp³-hybridized carbons (Fsp3) is 1.00. The van der Waals surface area contributed by atoms with Crippen molar-refractivity contribution in [3.8, 4) is 0 Å². The standard InChI is InChI=1S/C16H33N/c1-5-13(3)12-16(6-2)17-14(4)15-10-8-7-9-11-15/h13-17H,5-12H2,1-4H3. The van der Waals surface area contributed by atoms with Crippen LogP contribution in [0.4, 0.5) is 0 Å². The van der Waals surface area contributed by atoms with Gasteiger partial charge in [0.05, 0.1) is 0 Å². The van der Waals surface area contributed by atoms with Crippen LogP contribution in [0.1, 0.15) is 79.1 Å². The van der Waals surface area contributed by atoms with E-state index in [9.17, 15) is 0 Å². The minimum Gasteiger partial charge on any atom is -0.311 e. The molecule has 3 atom stereocenters. The highest BCUT2D eigenvalue weighted by atomic mass is 14.9. The van der Waals surface area contributed by atoms with Gasteiger partial charge >= 0.3 is 0 Å². The van der Waals surface area contributed by atoms with Crippen molar-refractivity contribution in [3.05, 3.63) is 0 Å². The van der Waals surface area contributed by atoms with Crippen molar-refractivity contribution in [1.29, 1.82) is 0 Å². The summed E-state index contributed by atoms with van der Waals surface area (Å²) in [7, 11) is 0. The summed E-state index contributed by atoms with van der Waals surface area (Å²) in [5, 5.41) is 3.90. The summed E-state index contributed by atoms with van der Waals surface area (Å²) in [4.78, 5) is 0. The normalized spacial score (nSPS) is 23.3. The monoisotopic (exact) mass is 239 g/mol. The molecule has 1 aliphatic rings. The molecule has 0 bridgehead atoms. The molecule has 0 aliphatic heterocycles. The minimum absolute atomic E-state index is 0.726. The maximum absolute atomic E-state index is 3.90. The maximum Gasteiger partial charge on any atom is 0.00695 e. The number of rotatable bonds is 7. The van der Waals surface area contributed by atoms with Gasteiger partial charge in [0.15, 0.2) is 0 Å². The lowest BCUT2D eigenvalue weighted by Crippen LogP contribution is -2.42. The van der Waals surface area contributed by atoms with E-state index in [2.05, 4.69) is 33.0 Å². The Morgan fingerprint density at radius 1 is 1.00 bits per heavy atom. The third-order valence-corrected chi connectivity index (χ3v) is 4.73. The van der Waals surface area contributed by atoms with E-state index in [-0.39, 0.29) is 0 Å². The fourth-order valence-corrected chi connectivity index (χ4v) is 3.15. The summed E-state index contributed by atoms with van der Waals surface area (Å²) >= 11 is 0. The minimum atomic E-state index is 0.726. The van der Waals surface area contributed by atoms with E-state index in [0.29, 0.717) is 0 Å². The van der Waals surface area contributed by atoms with Crippen molar-refractivity contribution < 1.29 is 0 Å². The second-order valence-electron chi connectivity index (χ2n) is 6.21. The zero-order valence-electron chi connectivity index (χ0n) is 12.5. The van der Waals surface area contributed by atoms with E-state index in [4.69, 9.17) is 0 Å². The van der Waals surface area contributed by atoms with E-state index < -0.39 is 0 Å². The lowest BCUT2D eigenvalue weighted by Gasteiger charge is -2.32. The lowest BCUT2D eigenvalue weighted by atomic mass is 9.84. The third kappa shape index (κ3) is 5.42. The average molecular weight is 239 g/mol. The molecule has 1 fully saturated rings. The molecule has 0 amide bonds. The predicted molar refractivity (Wildman–Crippen MR) is 77.3 cm³/mol. The molecule has 0 aromatic heterocycles. The second kappa shape index (κ2) is 8.13. The van der Waals surface area contributed by atoms with Gasteiger partial charge in [-0.3, -0.25) is 0 Å². The van der Waals surface area contributed by atoms with E-state index in [1.807, 2.05) is 0 Å². The summed E-state index contributed by atoms with van der Waals surface area (Å²) in [5.74, 6) is 1.81. The highest BCUT2D eigenvalue weighted by molar-refractivity contribution is 4.79. The number of hydrogen-bond acceptors (Lipinski definition) is 1. The van der Waals surface area contributed by atoms with E-state index in [0.717, 1.165) is 23.9 Å². The van der Waals surface area contributed by atoms with Crippen molar-refractivity contribution in [3.63, 3.8) is 0 Å². The van der Waals surface area contributed by atoms with Gasteiger partial charge in [0.25, 0.3) is 0 Å². The topological polar surface area (TPSA) is 12.0 Å². The van der Waals surface area contributed by atoms with Gasteiger partial charge in [-0.15, -0.1) is 0 Å². The molecule has 1 saturated carbocycles.